The number of thiazole rings is 1. The topological polar surface area (TPSA) is 107 Å². The Labute approximate surface area is 101 Å². The molecule has 0 saturated heterocycles. The largest absolute Gasteiger partial charge is 0.322 e. The van der Waals surface area contributed by atoms with Gasteiger partial charge in [-0.1, -0.05) is 0 Å². The summed E-state index contributed by atoms with van der Waals surface area (Å²) in [5, 5.41) is 12.1. The Balaban J connectivity index is 2.10. The van der Waals surface area contributed by atoms with Gasteiger partial charge in [0.15, 0.2) is 0 Å². The quantitative estimate of drug-likeness (QED) is 0.826. The number of nitrogens with two attached hydrogens (primary N) is 1. The first-order chi connectivity index (χ1) is 8.16. The van der Waals surface area contributed by atoms with Crippen molar-refractivity contribution < 1.29 is 4.79 Å². The molecule has 0 aliphatic heterocycles. The van der Waals surface area contributed by atoms with Crippen molar-refractivity contribution in [2.24, 2.45) is 5.73 Å². The number of rotatable bonds is 3. The minimum Gasteiger partial charge on any atom is -0.322 e. The van der Waals surface area contributed by atoms with Crippen molar-refractivity contribution in [1.82, 2.24) is 20.2 Å². The fourth-order valence-corrected chi connectivity index (χ4v) is 1.83. The lowest BCUT2D eigenvalue weighted by atomic mass is 10.4. The van der Waals surface area contributed by atoms with E-state index in [0.717, 1.165) is 0 Å². The summed E-state index contributed by atoms with van der Waals surface area (Å²) >= 11 is 1.34. The maximum Gasteiger partial charge on any atom is 0.277 e. The second-order valence-electron chi connectivity index (χ2n) is 3.28. The van der Waals surface area contributed by atoms with Crippen LogP contribution >= 0.6 is 11.3 Å². The van der Waals surface area contributed by atoms with Crippen LogP contribution in [-0.4, -0.2) is 26.1 Å². The monoisotopic (exact) mass is 250 g/mol. The number of nitrogens with one attached hydrogen (secondary N) is 1. The van der Waals surface area contributed by atoms with Gasteiger partial charge < -0.3 is 5.73 Å². The zero-order valence-corrected chi connectivity index (χ0v) is 9.81. The minimum absolute atomic E-state index is 0.146. The molecule has 0 radical (unpaired) electrons. The van der Waals surface area contributed by atoms with Gasteiger partial charge in [-0.05, 0) is 6.92 Å². The van der Waals surface area contributed by atoms with Gasteiger partial charge in [0, 0.05) is 5.38 Å². The highest BCUT2D eigenvalue weighted by atomic mass is 32.1. The highest BCUT2D eigenvalue weighted by Gasteiger charge is 2.13. The van der Waals surface area contributed by atoms with E-state index in [2.05, 4.69) is 25.5 Å². The van der Waals surface area contributed by atoms with Crippen LogP contribution in [0.2, 0.25) is 0 Å². The molecule has 0 aliphatic rings. The van der Waals surface area contributed by atoms with E-state index in [1.807, 2.05) is 6.92 Å². The van der Waals surface area contributed by atoms with Crippen molar-refractivity contribution in [1.29, 1.82) is 0 Å². The van der Waals surface area contributed by atoms with Gasteiger partial charge >= 0.3 is 0 Å². The molecule has 17 heavy (non-hydrogen) atoms. The van der Waals surface area contributed by atoms with Gasteiger partial charge in [0.25, 0.3) is 5.91 Å². The van der Waals surface area contributed by atoms with Crippen molar-refractivity contribution in [2.45, 2.75) is 13.0 Å². The van der Waals surface area contributed by atoms with Crippen LogP contribution in [-0.2, 0) is 0 Å². The number of amides is 1. The molecular formula is C9H10N6OS. The van der Waals surface area contributed by atoms with E-state index in [9.17, 15) is 4.79 Å². The molecule has 7 nitrogen and oxygen atoms in total. The van der Waals surface area contributed by atoms with E-state index in [1.54, 1.807) is 5.38 Å². The molecule has 1 amide bonds. The Kier molecular flexibility index (Phi) is 3.35. The van der Waals surface area contributed by atoms with Crippen LogP contribution in [0.15, 0.2) is 17.8 Å². The standard InChI is InChI=1S/C9H10N6OS/c1-5(10)8-13-6(4-17-8)7(16)14-9-11-2-3-12-15-9/h2-5H,10H2,1H3,(H,11,14,15,16). The smallest absolute Gasteiger partial charge is 0.277 e. The molecule has 0 aliphatic carbocycles. The van der Waals surface area contributed by atoms with Crippen LogP contribution in [0.1, 0.15) is 28.5 Å². The lowest BCUT2D eigenvalue weighted by Crippen LogP contribution is -2.15. The van der Waals surface area contributed by atoms with Crippen LogP contribution in [0.3, 0.4) is 0 Å². The summed E-state index contributed by atoms with van der Waals surface area (Å²) in [6.45, 7) is 1.81. The number of hydrogen-bond acceptors (Lipinski definition) is 7. The molecule has 2 aromatic heterocycles. The molecule has 0 fully saturated rings. The van der Waals surface area contributed by atoms with E-state index in [-0.39, 0.29) is 17.9 Å². The van der Waals surface area contributed by atoms with E-state index < -0.39 is 0 Å². The predicted octanol–water partition coefficient (Wildman–Crippen LogP) is 0.600. The molecule has 2 rings (SSSR count). The van der Waals surface area contributed by atoms with Crippen LogP contribution in [0.25, 0.3) is 0 Å². The summed E-state index contributed by atoms with van der Waals surface area (Å²) in [6.07, 6.45) is 2.86. The van der Waals surface area contributed by atoms with Gasteiger partial charge in [-0.15, -0.1) is 16.4 Å². The lowest BCUT2D eigenvalue weighted by molar-refractivity contribution is 0.102. The first-order valence-electron chi connectivity index (χ1n) is 4.83. The normalized spacial score (nSPS) is 12.1. The first-order valence-corrected chi connectivity index (χ1v) is 5.71. The Hall–Kier alpha value is -1.93. The summed E-state index contributed by atoms with van der Waals surface area (Å²) in [5.41, 5.74) is 5.96. The summed E-state index contributed by atoms with van der Waals surface area (Å²) in [7, 11) is 0. The highest BCUT2D eigenvalue weighted by molar-refractivity contribution is 7.09. The maximum absolute atomic E-state index is 11.7. The van der Waals surface area contributed by atoms with Gasteiger partial charge in [-0.2, -0.15) is 5.10 Å². The number of carbonyl (C=O) groups excluding carboxylic acids is 1. The van der Waals surface area contributed by atoms with Crippen molar-refractivity contribution in [2.75, 3.05) is 5.32 Å². The molecule has 0 aromatic carbocycles. The van der Waals surface area contributed by atoms with Gasteiger partial charge in [0.1, 0.15) is 10.7 Å². The summed E-state index contributed by atoms with van der Waals surface area (Å²) in [6, 6.07) is -0.184. The molecule has 0 spiro atoms. The lowest BCUT2D eigenvalue weighted by Gasteiger charge is -1.99. The maximum atomic E-state index is 11.7. The first kappa shape index (κ1) is 11.6. The number of hydrogen-bond donors (Lipinski definition) is 2. The second-order valence-corrected chi connectivity index (χ2v) is 4.17. The Morgan fingerprint density at radius 1 is 1.53 bits per heavy atom. The molecule has 3 N–H and O–H groups in total. The van der Waals surface area contributed by atoms with Crippen LogP contribution in [0.4, 0.5) is 5.95 Å². The second kappa shape index (κ2) is 4.93. The molecular weight excluding hydrogens is 240 g/mol. The Morgan fingerprint density at radius 3 is 2.94 bits per heavy atom. The molecule has 88 valence electrons. The number of aromatic nitrogens is 4. The van der Waals surface area contributed by atoms with Gasteiger partial charge in [-0.3, -0.25) is 10.1 Å². The van der Waals surface area contributed by atoms with Gasteiger partial charge in [0.2, 0.25) is 5.95 Å². The third kappa shape index (κ3) is 2.80. The molecule has 2 aromatic rings. The number of anilines is 1. The molecule has 1 unspecified atom stereocenters. The average Bonchev–Trinajstić information content (AvgIpc) is 2.79. The van der Waals surface area contributed by atoms with Crippen molar-refractivity contribution in [3.63, 3.8) is 0 Å². The summed E-state index contributed by atoms with van der Waals surface area (Å²) < 4.78 is 0. The predicted molar refractivity (Wildman–Crippen MR) is 62.5 cm³/mol. The van der Waals surface area contributed by atoms with Crippen molar-refractivity contribution in [3.8, 4) is 0 Å². The number of carbonyl (C=O) groups is 1. The molecule has 0 bridgehead atoms. The van der Waals surface area contributed by atoms with E-state index in [1.165, 1.54) is 23.7 Å². The van der Waals surface area contributed by atoms with E-state index in [4.69, 9.17) is 5.73 Å². The highest BCUT2D eigenvalue weighted by Crippen LogP contribution is 2.16. The Bertz CT molecular complexity index is 511. The molecule has 2 heterocycles. The van der Waals surface area contributed by atoms with Crippen LogP contribution in [0, 0.1) is 0 Å². The average molecular weight is 250 g/mol. The molecule has 1 atom stereocenters. The van der Waals surface area contributed by atoms with E-state index >= 15 is 0 Å². The van der Waals surface area contributed by atoms with Crippen LogP contribution in [0.5, 0.6) is 0 Å². The number of nitrogens with zero attached hydrogens (tertiary/aromatic N) is 4. The van der Waals surface area contributed by atoms with Crippen molar-refractivity contribution >= 4 is 23.2 Å². The Morgan fingerprint density at radius 2 is 2.35 bits per heavy atom. The van der Waals surface area contributed by atoms with E-state index in [0.29, 0.717) is 10.7 Å². The zero-order chi connectivity index (χ0) is 12.3. The van der Waals surface area contributed by atoms with Gasteiger partial charge in [-0.25, -0.2) is 9.97 Å². The SMILES string of the molecule is CC(N)c1nc(C(=O)Nc2nccnn2)cs1. The minimum atomic E-state index is -0.374. The third-order valence-electron chi connectivity index (χ3n) is 1.85. The van der Waals surface area contributed by atoms with Crippen molar-refractivity contribution in [3.05, 3.63) is 28.5 Å². The summed E-state index contributed by atoms with van der Waals surface area (Å²) in [5.74, 6) is -0.228. The molecule has 8 heteroatoms. The molecule has 0 saturated carbocycles. The third-order valence-corrected chi connectivity index (χ3v) is 2.90. The van der Waals surface area contributed by atoms with Crippen LogP contribution < -0.4 is 11.1 Å². The zero-order valence-electron chi connectivity index (χ0n) is 8.99. The van der Waals surface area contributed by atoms with Gasteiger partial charge in [0.05, 0.1) is 18.4 Å². The fraction of sp³-hybridized carbons (Fsp3) is 0.222. The summed E-state index contributed by atoms with van der Waals surface area (Å²) in [4.78, 5) is 19.7. The fourth-order valence-electron chi connectivity index (χ4n) is 1.07.